The summed E-state index contributed by atoms with van der Waals surface area (Å²) in [5.41, 5.74) is -1.22. The van der Waals surface area contributed by atoms with E-state index in [0.29, 0.717) is 25.1 Å². The van der Waals surface area contributed by atoms with E-state index in [1.54, 1.807) is 0 Å². The average molecular weight is 384 g/mol. The number of nitro groups is 1. The summed E-state index contributed by atoms with van der Waals surface area (Å²) in [6.45, 7) is 0.331. The summed E-state index contributed by atoms with van der Waals surface area (Å²) in [6, 6.07) is 0.955. The lowest BCUT2D eigenvalue weighted by atomic mass is 10.1. The van der Waals surface area contributed by atoms with Crippen LogP contribution in [-0.2, 0) is 0 Å². The van der Waals surface area contributed by atoms with Crippen LogP contribution in [0, 0.1) is 21.7 Å². The molecule has 0 aliphatic heterocycles. The van der Waals surface area contributed by atoms with E-state index in [2.05, 4.69) is 27.9 Å². The van der Waals surface area contributed by atoms with Gasteiger partial charge in [-0.15, -0.1) is 0 Å². The molecule has 1 aromatic rings. The molecule has 5 nitrogen and oxygen atoms in total. The number of rotatable bonds is 6. The molecule has 0 spiro atoms. The molecule has 1 N–H and O–H groups in total. The van der Waals surface area contributed by atoms with Gasteiger partial charge in [-0.25, -0.2) is 8.78 Å². The predicted molar refractivity (Wildman–Crippen MR) is 73.5 cm³/mol. The van der Waals surface area contributed by atoms with Crippen molar-refractivity contribution in [3.05, 3.63) is 39.4 Å². The van der Waals surface area contributed by atoms with Crippen molar-refractivity contribution in [2.75, 3.05) is 11.0 Å². The van der Waals surface area contributed by atoms with Gasteiger partial charge in [0, 0.05) is 6.54 Å². The van der Waals surface area contributed by atoms with Crippen molar-refractivity contribution in [3.63, 3.8) is 0 Å². The molecule has 0 bridgehead atoms. The number of hydrogen-bond acceptors (Lipinski definition) is 3. The van der Waals surface area contributed by atoms with Gasteiger partial charge in [0.05, 0.1) is 11.0 Å². The Hall–Kier alpha value is -1.32. The topological polar surface area (TPSA) is 72.2 Å². The molecule has 0 aromatic heterocycles. The molecule has 0 radical (unpaired) electrons. The summed E-state index contributed by atoms with van der Waals surface area (Å²) in [5, 5.41) is 13.1. The van der Waals surface area contributed by atoms with Gasteiger partial charge in [0.15, 0.2) is 11.6 Å². The highest BCUT2D eigenvalue weighted by Crippen LogP contribution is 2.22. The maximum absolute atomic E-state index is 13.0. The first-order valence-electron chi connectivity index (χ1n) is 5.45. The third-order valence-corrected chi connectivity index (χ3v) is 3.09. The predicted octanol–water partition coefficient (Wildman–Crippen LogP) is 2.82. The van der Waals surface area contributed by atoms with Gasteiger partial charge < -0.3 is 5.32 Å². The molecule has 8 heteroatoms. The molecule has 0 heterocycles. The number of unbranched alkanes of at least 4 members (excludes halogenated alkanes) is 1. The van der Waals surface area contributed by atoms with Crippen molar-refractivity contribution in [2.24, 2.45) is 0 Å². The fourth-order valence-corrected chi connectivity index (χ4v) is 1.93. The van der Waals surface area contributed by atoms with Crippen LogP contribution < -0.4 is 5.32 Å². The minimum absolute atomic E-state index is 0.331. The molecule has 0 saturated carbocycles. The summed E-state index contributed by atoms with van der Waals surface area (Å²) in [6.07, 6.45) is 1.60. The zero-order valence-electron chi connectivity index (χ0n) is 9.79. The number of nitro benzene ring substituents is 1. The second-order valence-electron chi connectivity index (χ2n) is 3.69. The van der Waals surface area contributed by atoms with Gasteiger partial charge in [-0.1, -0.05) is 22.6 Å². The Morgan fingerprint density at radius 1 is 1.32 bits per heavy atom. The van der Waals surface area contributed by atoms with Crippen LogP contribution in [0.15, 0.2) is 12.1 Å². The number of hydrogen-bond donors (Lipinski definition) is 1. The van der Waals surface area contributed by atoms with E-state index in [1.165, 1.54) is 0 Å². The van der Waals surface area contributed by atoms with Crippen molar-refractivity contribution < 1.29 is 18.5 Å². The molecule has 0 aliphatic carbocycles. The number of benzene rings is 1. The Morgan fingerprint density at radius 3 is 2.53 bits per heavy atom. The van der Waals surface area contributed by atoms with Crippen molar-refractivity contribution in [1.29, 1.82) is 0 Å². The lowest BCUT2D eigenvalue weighted by molar-refractivity contribution is -0.385. The third-order valence-electron chi connectivity index (χ3n) is 2.33. The summed E-state index contributed by atoms with van der Waals surface area (Å²) in [5.74, 6) is -3.42. The Labute approximate surface area is 121 Å². The number of halogens is 3. The molecular weight excluding hydrogens is 373 g/mol. The van der Waals surface area contributed by atoms with Gasteiger partial charge in [-0.2, -0.15) is 0 Å². The summed E-state index contributed by atoms with van der Waals surface area (Å²) >= 11 is 2.18. The molecule has 19 heavy (non-hydrogen) atoms. The Morgan fingerprint density at radius 2 is 1.95 bits per heavy atom. The second kappa shape index (κ2) is 7.31. The fourth-order valence-electron chi connectivity index (χ4n) is 1.39. The van der Waals surface area contributed by atoms with Gasteiger partial charge in [-0.3, -0.25) is 14.9 Å². The van der Waals surface area contributed by atoms with Crippen LogP contribution in [0.1, 0.15) is 23.2 Å². The van der Waals surface area contributed by atoms with Gasteiger partial charge in [0.25, 0.3) is 11.6 Å². The molecule has 0 fully saturated rings. The highest BCUT2D eigenvalue weighted by atomic mass is 127. The van der Waals surface area contributed by atoms with Crippen LogP contribution in [-0.4, -0.2) is 21.8 Å². The number of amides is 1. The Balaban J connectivity index is 2.89. The highest BCUT2D eigenvalue weighted by molar-refractivity contribution is 14.1. The zero-order valence-corrected chi connectivity index (χ0v) is 11.9. The van der Waals surface area contributed by atoms with E-state index in [0.717, 1.165) is 10.8 Å². The number of alkyl halides is 1. The number of nitrogens with one attached hydrogen (secondary N) is 1. The number of carbonyl (C=O) groups excluding carboxylic acids is 1. The smallest absolute Gasteiger partial charge is 0.285 e. The quantitative estimate of drug-likeness (QED) is 0.270. The Kier molecular flexibility index (Phi) is 6.06. The summed E-state index contributed by atoms with van der Waals surface area (Å²) < 4.78 is 26.9. The van der Waals surface area contributed by atoms with Crippen LogP contribution >= 0.6 is 22.6 Å². The monoisotopic (exact) mass is 384 g/mol. The second-order valence-corrected chi connectivity index (χ2v) is 4.77. The molecule has 0 unspecified atom stereocenters. The number of carbonyl (C=O) groups is 1. The maximum Gasteiger partial charge on any atom is 0.285 e. The molecule has 0 aliphatic rings. The third kappa shape index (κ3) is 4.37. The van der Waals surface area contributed by atoms with Crippen molar-refractivity contribution in [1.82, 2.24) is 5.32 Å². The minimum Gasteiger partial charge on any atom is -0.352 e. The van der Waals surface area contributed by atoms with Gasteiger partial charge >= 0.3 is 0 Å². The van der Waals surface area contributed by atoms with Gasteiger partial charge in [0.1, 0.15) is 5.56 Å². The maximum atomic E-state index is 13.0. The van der Waals surface area contributed by atoms with Crippen molar-refractivity contribution >= 4 is 34.2 Å². The van der Waals surface area contributed by atoms with Crippen LogP contribution in [0.4, 0.5) is 14.5 Å². The lowest BCUT2D eigenvalue weighted by Gasteiger charge is -2.06. The molecule has 0 atom stereocenters. The first kappa shape index (κ1) is 15.7. The van der Waals surface area contributed by atoms with Crippen LogP contribution in [0.25, 0.3) is 0 Å². The first-order valence-corrected chi connectivity index (χ1v) is 6.97. The van der Waals surface area contributed by atoms with Gasteiger partial charge in [-0.05, 0) is 23.3 Å². The van der Waals surface area contributed by atoms with Gasteiger partial charge in [0.2, 0.25) is 0 Å². The summed E-state index contributed by atoms with van der Waals surface area (Å²) in [4.78, 5) is 21.5. The molecule has 0 saturated heterocycles. The van der Waals surface area contributed by atoms with E-state index in [1.807, 2.05) is 0 Å². The molecule has 1 aromatic carbocycles. The molecular formula is C11H11F2IN2O3. The Bertz CT molecular complexity index is 497. The van der Waals surface area contributed by atoms with Crippen LogP contribution in [0.2, 0.25) is 0 Å². The zero-order chi connectivity index (χ0) is 14.4. The SMILES string of the molecule is O=C(NCCCCI)c1cc(F)c(F)cc1[N+](=O)[O-]. The standard InChI is InChI=1S/C11H11F2IN2O3/c12-8-5-7(10(16(18)19)6-9(8)13)11(17)15-4-2-1-3-14/h5-6H,1-4H2,(H,15,17). The molecule has 1 rings (SSSR count). The normalized spacial score (nSPS) is 10.3. The molecule has 104 valence electrons. The summed E-state index contributed by atoms with van der Waals surface area (Å²) in [7, 11) is 0. The minimum atomic E-state index is -1.35. The van der Waals surface area contributed by atoms with E-state index >= 15 is 0 Å². The first-order chi connectivity index (χ1) is 8.97. The lowest BCUT2D eigenvalue weighted by Crippen LogP contribution is -2.25. The van der Waals surface area contributed by atoms with Crippen molar-refractivity contribution in [3.8, 4) is 0 Å². The van der Waals surface area contributed by atoms with E-state index in [4.69, 9.17) is 0 Å². The van der Waals surface area contributed by atoms with Crippen molar-refractivity contribution in [2.45, 2.75) is 12.8 Å². The molecule has 1 amide bonds. The van der Waals surface area contributed by atoms with Crippen LogP contribution in [0.3, 0.4) is 0 Å². The fraction of sp³-hybridized carbons (Fsp3) is 0.364. The van der Waals surface area contributed by atoms with E-state index in [-0.39, 0.29) is 0 Å². The highest BCUT2D eigenvalue weighted by Gasteiger charge is 2.23. The van der Waals surface area contributed by atoms with E-state index in [9.17, 15) is 23.7 Å². The van der Waals surface area contributed by atoms with E-state index < -0.39 is 33.7 Å². The number of nitrogens with zero attached hydrogens (tertiary/aromatic N) is 1. The van der Waals surface area contributed by atoms with Crippen LogP contribution in [0.5, 0.6) is 0 Å². The largest absolute Gasteiger partial charge is 0.352 e. The average Bonchev–Trinajstić information content (AvgIpc) is 2.36.